The number of nitrogens with zero attached hydrogens (tertiary/aromatic N) is 3. The Morgan fingerprint density at radius 2 is 2.14 bits per heavy atom. The van der Waals surface area contributed by atoms with Crippen molar-refractivity contribution in [2.75, 3.05) is 20.1 Å². The molecular formula is C16H21N5O. The summed E-state index contributed by atoms with van der Waals surface area (Å²) in [5.74, 6) is 1.51. The molecule has 0 spiro atoms. The van der Waals surface area contributed by atoms with Crippen molar-refractivity contribution in [3.05, 3.63) is 47.5 Å². The molecule has 2 aromatic rings. The zero-order chi connectivity index (χ0) is 15.5. The number of rotatable bonds is 4. The van der Waals surface area contributed by atoms with Gasteiger partial charge in [-0.15, -0.1) is 0 Å². The number of H-pyrrole nitrogens is 1. The first kappa shape index (κ1) is 14.7. The van der Waals surface area contributed by atoms with Crippen LogP contribution in [0.4, 0.5) is 0 Å². The van der Waals surface area contributed by atoms with Crippen LogP contribution in [0.1, 0.15) is 23.1 Å². The zero-order valence-electron chi connectivity index (χ0n) is 12.9. The highest BCUT2D eigenvalue weighted by atomic mass is 16.1. The highest BCUT2D eigenvalue weighted by Crippen LogP contribution is 2.31. The van der Waals surface area contributed by atoms with Gasteiger partial charge in [0.15, 0.2) is 5.82 Å². The fraction of sp³-hybridized carbons (Fsp3) is 0.438. The third kappa shape index (κ3) is 3.01. The predicted molar refractivity (Wildman–Crippen MR) is 83.1 cm³/mol. The second kappa shape index (κ2) is 6.27. The Kier molecular flexibility index (Phi) is 4.20. The van der Waals surface area contributed by atoms with E-state index < -0.39 is 0 Å². The summed E-state index contributed by atoms with van der Waals surface area (Å²) in [5, 5.41) is 9.91. The molecule has 2 heterocycles. The molecule has 2 atom stereocenters. The van der Waals surface area contributed by atoms with Crippen LogP contribution in [0.15, 0.2) is 30.3 Å². The van der Waals surface area contributed by atoms with Gasteiger partial charge in [0.05, 0.1) is 5.92 Å². The Bertz CT molecular complexity index is 639. The molecule has 0 saturated carbocycles. The second-order valence-electron chi connectivity index (χ2n) is 5.79. The average Bonchev–Trinajstić information content (AvgIpc) is 3.14. The van der Waals surface area contributed by atoms with Crippen LogP contribution in [0, 0.1) is 12.8 Å². The Morgan fingerprint density at radius 1 is 1.36 bits per heavy atom. The number of aromatic nitrogens is 3. The van der Waals surface area contributed by atoms with Crippen LogP contribution in [0.3, 0.4) is 0 Å². The molecule has 3 rings (SSSR count). The summed E-state index contributed by atoms with van der Waals surface area (Å²) in [6.45, 7) is 4.24. The van der Waals surface area contributed by atoms with Gasteiger partial charge in [-0.05, 0) is 12.5 Å². The molecular weight excluding hydrogens is 278 g/mol. The van der Waals surface area contributed by atoms with E-state index in [0.29, 0.717) is 0 Å². The molecule has 0 aliphatic carbocycles. The molecule has 1 amide bonds. The molecule has 2 N–H and O–H groups in total. The van der Waals surface area contributed by atoms with E-state index >= 15 is 0 Å². The van der Waals surface area contributed by atoms with Gasteiger partial charge in [-0.3, -0.25) is 14.8 Å². The maximum Gasteiger partial charge on any atom is 0.224 e. The molecule has 1 saturated heterocycles. The van der Waals surface area contributed by atoms with E-state index in [1.165, 1.54) is 5.56 Å². The van der Waals surface area contributed by atoms with E-state index in [2.05, 4.69) is 37.5 Å². The number of hydrogen-bond acceptors (Lipinski definition) is 4. The number of aryl methyl sites for hydroxylation is 1. The van der Waals surface area contributed by atoms with E-state index in [1.54, 1.807) is 7.05 Å². The molecule has 0 bridgehead atoms. The third-order valence-electron chi connectivity index (χ3n) is 4.17. The molecule has 6 heteroatoms. The standard InChI is InChI=1S/C16H21N5O/c1-11-18-15(20-19-11)13-9-21(10-14(13)16(22)17-2)8-12-6-4-3-5-7-12/h3-7,13-14H,8-10H2,1-2H3,(H,17,22)(H,18,19,20)/t13-,14-/m1/s1. The minimum absolute atomic E-state index is 0.0358. The van der Waals surface area contributed by atoms with Crippen molar-refractivity contribution in [3.63, 3.8) is 0 Å². The van der Waals surface area contributed by atoms with Gasteiger partial charge < -0.3 is 5.32 Å². The molecule has 1 fully saturated rings. The number of aromatic amines is 1. The van der Waals surface area contributed by atoms with E-state index in [4.69, 9.17) is 0 Å². The first-order chi connectivity index (χ1) is 10.7. The maximum absolute atomic E-state index is 12.2. The van der Waals surface area contributed by atoms with Gasteiger partial charge in [0, 0.05) is 32.6 Å². The van der Waals surface area contributed by atoms with Crippen molar-refractivity contribution >= 4 is 5.91 Å². The van der Waals surface area contributed by atoms with Crippen molar-refractivity contribution in [3.8, 4) is 0 Å². The van der Waals surface area contributed by atoms with E-state index in [0.717, 1.165) is 31.3 Å². The lowest BCUT2D eigenvalue weighted by Gasteiger charge is -2.15. The summed E-state index contributed by atoms with van der Waals surface area (Å²) in [7, 11) is 1.68. The number of carbonyl (C=O) groups is 1. The second-order valence-corrected chi connectivity index (χ2v) is 5.79. The number of hydrogen-bond donors (Lipinski definition) is 2. The Balaban J connectivity index is 1.78. The first-order valence-corrected chi connectivity index (χ1v) is 7.54. The van der Waals surface area contributed by atoms with Gasteiger partial charge >= 0.3 is 0 Å². The smallest absolute Gasteiger partial charge is 0.224 e. The zero-order valence-corrected chi connectivity index (χ0v) is 12.9. The molecule has 1 aromatic heterocycles. The Hall–Kier alpha value is -2.21. The largest absolute Gasteiger partial charge is 0.359 e. The fourth-order valence-electron chi connectivity index (χ4n) is 3.09. The summed E-state index contributed by atoms with van der Waals surface area (Å²) in [4.78, 5) is 18.9. The van der Waals surface area contributed by atoms with E-state index in [9.17, 15) is 4.79 Å². The van der Waals surface area contributed by atoms with Crippen molar-refractivity contribution in [1.82, 2.24) is 25.4 Å². The van der Waals surface area contributed by atoms with Crippen LogP contribution in [0.2, 0.25) is 0 Å². The topological polar surface area (TPSA) is 73.9 Å². The van der Waals surface area contributed by atoms with Crippen LogP contribution in [-0.2, 0) is 11.3 Å². The quantitative estimate of drug-likeness (QED) is 0.886. The van der Waals surface area contributed by atoms with Gasteiger partial charge in [0.25, 0.3) is 0 Å². The van der Waals surface area contributed by atoms with Gasteiger partial charge in [0.1, 0.15) is 5.82 Å². The average molecular weight is 299 g/mol. The molecule has 6 nitrogen and oxygen atoms in total. The van der Waals surface area contributed by atoms with Crippen LogP contribution in [0.5, 0.6) is 0 Å². The monoisotopic (exact) mass is 299 g/mol. The third-order valence-corrected chi connectivity index (χ3v) is 4.17. The summed E-state index contributed by atoms with van der Waals surface area (Å²) in [6.07, 6.45) is 0. The van der Waals surface area contributed by atoms with Crippen molar-refractivity contribution in [1.29, 1.82) is 0 Å². The number of amides is 1. The molecule has 116 valence electrons. The molecule has 1 aliphatic heterocycles. The lowest BCUT2D eigenvalue weighted by molar-refractivity contribution is -0.124. The Labute approximate surface area is 129 Å². The maximum atomic E-state index is 12.2. The van der Waals surface area contributed by atoms with Crippen LogP contribution in [0.25, 0.3) is 0 Å². The van der Waals surface area contributed by atoms with E-state index in [-0.39, 0.29) is 17.7 Å². The lowest BCUT2D eigenvalue weighted by atomic mass is 9.94. The minimum Gasteiger partial charge on any atom is -0.359 e. The molecule has 0 radical (unpaired) electrons. The fourth-order valence-corrected chi connectivity index (χ4v) is 3.09. The van der Waals surface area contributed by atoms with Gasteiger partial charge in [0.2, 0.25) is 5.91 Å². The highest BCUT2D eigenvalue weighted by molar-refractivity contribution is 5.80. The minimum atomic E-state index is -0.107. The number of nitrogens with one attached hydrogen (secondary N) is 2. The number of carbonyl (C=O) groups excluding carboxylic acids is 1. The van der Waals surface area contributed by atoms with E-state index in [1.807, 2.05) is 25.1 Å². The summed E-state index contributed by atoms with van der Waals surface area (Å²) < 4.78 is 0. The Morgan fingerprint density at radius 3 is 2.77 bits per heavy atom. The molecule has 0 unspecified atom stereocenters. The molecule has 1 aromatic carbocycles. The van der Waals surface area contributed by atoms with Crippen LogP contribution < -0.4 is 5.32 Å². The lowest BCUT2D eigenvalue weighted by Crippen LogP contribution is -2.32. The van der Waals surface area contributed by atoms with Gasteiger partial charge in [-0.2, -0.15) is 5.10 Å². The SMILES string of the molecule is CNC(=O)[C@@H]1CN(Cc2ccccc2)C[C@H]1c1n[nH]c(C)n1. The number of likely N-dealkylation sites (tertiary alicyclic amines) is 1. The summed E-state index contributed by atoms with van der Waals surface area (Å²) >= 11 is 0. The van der Waals surface area contributed by atoms with Gasteiger partial charge in [-0.25, -0.2) is 4.98 Å². The van der Waals surface area contributed by atoms with Crippen molar-refractivity contribution < 1.29 is 4.79 Å². The first-order valence-electron chi connectivity index (χ1n) is 7.54. The van der Waals surface area contributed by atoms with Crippen LogP contribution >= 0.6 is 0 Å². The van der Waals surface area contributed by atoms with Crippen molar-refractivity contribution in [2.24, 2.45) is 5.92 Å². The predicted octanol–water partition coefficient (Wildman–Crippen LogP) is 1.07. The highest BCUT2D eigenvalue weighted by Gasteiger charge is 2.40. The molecule has 22 heavy (non-hydrogen) atoms. The van der Waals surface area contributed by atoms with Crippen LogP contribution in [-0.4, -0.2) is 46.1 Å². The number of benzene rings is 1. The summed E-state index contributed by atoms with van der Waals surface area (Å²) in [5.41, 5.74) is 1.25. The van der Waals surface area contributed by atoms with Gasteiger partial charge in [-0.1, -0.05) is 30.3 Å². The molecule has 1 aliphatic rings. The summed E-state index contributed by atoms with van der Waals surface area (Å²) in [6, 6.07) is 10.3. The normalized spacial score (nSPS) is 21.9. The van der Waals surface area contributed by atoms with Crippen molar-refractivity contribution in [2.45, 2.75) is 19.4 Å².